The van der Waals surface area contributed by atoms with Crippen molar-refractivity contribution in [3.05, 3.63) is 35.1 Å². The van der Waals surface area contributed by atoms with Gasteiger partial charge in [-0.3, -0.25) is 4.90 Å². The Hall–Kier alpha value is -0.930. The Balaban J connectivity index is 2.31. The Morgan fingerprint density at radius 1 is 1.30 bits per heavy atom. The van der Waals surface area contributed by atoms with Crippen LogP contribution in [0.1, 0.15) is 43.9 Å². The molecule has 2 nitrogen and oxygen atoms in total. The van der Waals surface area contributed by atoms with E-state index in [-0.39, 0.29) is 5.82 Å². The second kappa shape index (κ2) is 7.19. The lowest BCUT2D eigenvalue weighted by Crippen LogP contribution is -2.46. The van der Waals surface area contributed by atoms with Gasteiger partial charge in [0, 0.05) is 32.2 Å². The molecular weight excluding hydrogens is 251 g/mol. The highest BCUT2D eigenvalue weighted by molar-refractivity contribution is 5.31. The van der Waals surface area contributed by atoms with E-state index in [9.17, 15) is 4.39 Å². The Bertz CT molecular complexity index is 427. The molecular formula is C17H27FN2. The molecule has 2 rings (SSSR count). The second-order valence-corrected chi connectivity index (χ2v) is 5.95. The molecule has 0 radical (unpaired) electrons. The summed E-state index contributed by atoms with van der Waals surface area (Å²) in [5, 5.41) is 3.40. The number of halogens is 1. The van der Waals surface area contributed by atoms with E-state index in [1.54, 1.807) is 6.07 Å². The third-order valence-electron chi connectivity index (χ3n) is 4.46. The fraction of sp³-hybridized carbons (Fsp3) is 0.647. The summed E-state index contributed by atoms with van der Waals surface area (Å²) in [5.41, 5.74) is 1.99. The number of benzene rings is 1. The zero-order chi connectivity index (χ0) is 14.5. The molecule has 0 spiro atoms. The number of hydrogen-bond acceptors (Lipinski definition) is 2. The first-order chi connectivity index (χ1) is 9.65. The van der Waals surface area contributed by atoms with Gasteiger partial charge in [-0.1, -0.05) is 32.4 Å². The number of nitrogens with one attached hydrogen (secondary N) is 1. The van der Waals surface area contributed by atoms with Crippen molar-refractivity contribution >= 4 is 0 Å². The molecule has 0 bridgehead atoms. The quantitative estimate of drug-likeness (QED) is 0.886. The van der Waals surface area contributed by atoms with Gasteiger partial charge in [0.2, 0.25) is 0 Å². The van der Waals surface area contributed by atoms with Gasteiger partial charge in [0.05, 0.1) is 0 Å². The summed E-state index contributed by atoms with van der Waals surface area (Å²) >= 11 is 0. The van der Waals surface area contributed by atoms with Crippen molar-refractivity contribution in [2.24, 2.45) is 5.92 Å². The third-order valence-corrected chi connectivity index (χ3v) is 4.46. The van der Waals surface area contributed by atoms with Crippen LogP contribution in [-0.4, -0.2) is 31.1 Å². The molecule has 1 aliphatic heterocycles. The van der Waals surface area contributed by atoms with Crippen LogP contribution in [0.2, 0.25) is 0 Å². The molecule has 112 valence electrons. The summed E-state index contributed by atoms with van der Waals surface area (Å²) in [4.78, 5) is 2.53. The minimum atomic E-state index is -0.0775. The van der Waals surface area contributed by atoms with Crippen LogP contribution in [0, 0.1) is 18.7 Å². The van der Waals surface area contributed by atoms with Crippen molar-refractivity contribution < 1.29 is 4.39 Å². The highest BCUT2D eigenvalue weighted by Gasteiger charge is 2.28. The van der Waals surface area contributed by atoms with Gasteiger partial charge in [-0.15, -0.1) is 0 Å². The minimum absolute atomic E-state index is 0.0775. The highest BCUT2D eigenvalue weighted by Crippen LogP contribution is 2.34. The second-order valence-electron chi connectivity index (χ2n) is 5.95. The smallest absolute Gasteiger partial charge is 0.126 e. The molecule has 1 aromatic carbocycles. The monoisotopic (exact) mass is 278 g/mol. The third kappa shape index (κ3) is 3.39. The van der Waals surface area contributed by atoms with E-state index in [0.29, 0.717) is 12.0 Å². The summed E-state index contributed by atoms with van der Waals surface area (Å²) in [5.74, 6) is 0.477. The van der Waals surface area contributed by atoms with Gasteiger partial charge < -0.3 is 5.32 Å². The van der Waals surface area contributed by atoms with Crippen molar-refractivity contribution in [1.29, 1.82) is 0 Å². The van der Waals surface area contributed by atoms with E-state index < -0.39 is 0 Å². The predicted octanol–water partition coefficient (Wildman–Crippen LogP) is 3.52. The van der Waals surface area contributed by atoms with E-state index in [2.05, 4.69) is 30.1 Å². The maximum absolute atomic E-state index is 13.9. The maximum atomic E-state index is 13.9. The Kier molecular flexibility index (Phi) is 5.55. The lowest BCUT2D eigenvalue weighted by atomic mass is 9.87. The van der Waals surface area contributed by atoms with Crippen LogP contribution < -0.4 is 5.32 Å². The van der Waals surface area contributed by atoms with E-state index in [1.807, 2.05) is 13.0 Å². The lowest BCUT2D eigenvalue weighted by molar-refractivity contribution is 0.125. The molecule has 2 atom stereocenters. The molecule has 0 saturated carbocycles. The first-order valence-electron chi connectivity index (χ1n) is 7.85. The molecule has 1 saturated heterocycles. The maximum Gasteiger partial charge on any atom is 0.126 e. The Morgan fingerprint density at radius 3 is 2.65 bits per heavy atom. The van der Waals surface area contributed by atoms with Crippen LogP contribution in [0.5, 0.6) is 0 Å². The van der Waals surface area contributed by atoms with E-state index in [0.717, 1.165) is 31.7 Å². The minimum Gasteiger partial charge on any atom is -0.314 e. The van der Waals surface area contributed by atoms with Crippen LogP contribution in [0.15, 0.2) is 18.2 Å². The van der Waals surface area contributed by atoms with Crippen LogP contribution in [0.25, 0.3) is 0 Å². The van der Waals surface area contributed by atoms with Gasteiger partial charge in [0.25, 0.3) is 0 Å². The van der Waals surface area contributed by atoms with Crippen molar-refractivity contribution in [2.45, 2.75) is 39.7 Å². The predicted molar refractivity (Wildman–Crippen MR) is 82.4 cm³/mol. The Labute approximate surface area is 122 Å². The molecule has 20 heavy (non-hydrogen) atoms. The standard InChI is InChI=1S/C17H27FN2/c1-4-6-13(2)17(20-11-9-19-10-12-20)15-7-5-8-16(18)14(15)3/h5,7-8,13,17,19H,4,6,9-12H2,1-3H3/t13?,17-/m1/s1. The number of hydrogen-bond donors (Lipinski definition) is 1. The summed E-state index contributed by atoms with van der Waals surface area (Å²) in [6.45, 7) is 10.6. The SMILES string of the molecule is CCCC(C)[C@H](c1cccc(F)c1C)N1CCNCC1. The largest absolute Gasteiger partial charge is 0.314 e. The molecule has 1 aromatic rings. The Morgan fingerprint density at radius 2 is 2.00 bits per heavy atom. The molecule has 1 heterocycles. The molecule has 1 aliphatic rings. The fourth-order valence-corrected chi connectivity index (χ4v) is 3.38. The number of piperazine rings is 1. The van der Waals surface area contributed by atoms with Gasteiger partial charge in [-0.2, -0.15) is 0 Å². The molecule has 0 aliphatic carbocycles. The van der Waals surface area contributed by atoms with Gasteiger partial charge in [-0.05, 0) is 36.5 Å². The van der Waals surface area contributed by atoms with E-state index in [1.165, 1.54) is 18.4 Å². The van der Waals surface area contributed by atoms with Gasteiger partial charge in [-0.25, -0.2) is 4.39 Å². The number of rotatable bonds is 5. The summed E-state index contributed by atoms with van der Waals surface area (Å²) in [6.07, 6.45) is 2.36. The van der Waals surface area contributed by atoms with E-state index in [4.69, 9.17) is 0 Å². The zero-order valence-electron chi connectivity index (χ0n) is 13.0. The van der Waals surface area contributed by atoms with Crippen LogP contribution in [-0.2, 0) is 0 Å². The summed E-state index contributed by atoms with van der Waals surface area (Å²) in [6, 6.07) is 5.87. The zero-order valence-corrected chi connectivity index (χ0v) is 13.0. The van der Waals surface area contributed by atoms with Crippen molar-refractivity contribution in [2.75, 3.05) is 26.2 Å². The van der Waals surface area contributed by atoms with Gasteiger partial charge in [0.1, 0.15) is 5.82 Å². The molecule has 1 unspecified atom stereocenters. The van der Waals surface area contributed by atoms with Crippen molar-refractivity contribution in [1.82, 2.24) is 10.2 Å². The number of nitrogens with zero attached hydrogens (tertiary/aromatic N) is 1. The van der Waals surface area contributed by atoms with Crippen LogP contribution in [0.4, 0.5) is 4.39 Å². The molecule has 3 heteroatoms. The normalized spacial score (nSPS) is 19.8. The lowest BCUT2D eigenvalue weighted by Gasteiger charge is -2.39. The average molecular weight is 278 g/mol. The molecule has 0 aromatic heterocycles. The molecule has 0 amide bonds. The first kappa shape index (κ1) is 15.5. The van der Waals surface area contributed by atoms with Crippen molar-refractivity contribution in [3.8, 4) is 0 Å². The van der Waals surface area contributed by atoms with Gasteiger partial charge in [0.15, 0.2) is 0 Å². The molecule has 1 fully saturated rings. The van der Waals surface area contributed by atoms with Crippen LogP contribution >= 0.6 is 0 Å². The van der Waals surface area contributed by atoms with Gasteiger partial charge >= 0.3 is 0 Å². The summed E-state index contributed by atoms with van der Waals surface area (Å²) < 4.78 is 13.9. The highest BCUT2D eigenvalue weighted by atomic mass is 19.1. The van der Waals surface area contributed by atoms with Crippen molar-refractivity contribution in [3.63, 3.8) is 0 Å². The fourth-order valence-electron chi connectivity index (χ4n) is 3.38. The average Bonchev–Trinajstić information content (AvgIpc) is 2.45. The first-order valence-corrected chi connectivity index (χ1v) is 7.85. The van der Waals surface area contributed by atoms with E-state index >= 15 is 0 Å². The van der Waals surface area contributed by atoms with Crippen LogP contribution in [0.3, 0.4) is 0 Å². The molecule has 1 N–H and O–H groups in total. The summed E-state index contributed by atoms with van der Waals surface area (Å²) in [7, 11) is 0. The topological polar surface area (TPSA) is 15.3 Å².